The zero-order valence-corrected chi connectivity index (χ0v) is 14.3. The maximum absolute atomic E-state index is 12.4. The average Bonchev–Trinajstić information content (AvgIpc) is 2.54. The predicted molar refractivity (Wildman–Crippen MR) is 83.1 cm³/mol. The average molecular weight is 354 g/mol. The Hall–Kier alpha value is -1.91. The molecule has 0 aliphatic heterocycles. The first-order valence-electron chi connectivity index (χ1n) is 7.00. The number of carbonyl (C=O) groups is 2. The number of benzene rings is 1. The number of Topliss-reactive ketones (excluding diaryl/α,β-unsaturated/α-hetero) is 1. The highest BCUT2D eigenvalue weighted by Crippen LogP contribution is 2.13. The second-order valence-corrected chi connectivity index (χ2v) is 5.24. The van der Waals surface area contributed by atoms with Crippen LogP contribution >= 0.6 is 11.6 Å². The number of aromatic nitrogens is 1. The van der Waals surface area contributed by atoms with E-state index in [0.29, 0.717) is 22.8 Å². The standard InChI is InChI=1S/C17H17ClNO3.ClH/c1-3-22-17(21)14-8-10-19(11-9-14)12(2)16(20)13-4-6-15(18)7-5-13;/h4-12H,3H2,1-2H3;1H/q+1;/p-1. The lowest BCUT2D eigenvalue weighted by Gasteiger charge is -2.07. The molecular formula is C17H17Cl2NO3. The van der Waals surface area contributed by atoms with Gasteiger partial charge in [-0.1, -0.05) is 11.6 Å². The van der Waals surface area contributed by atoms with E-state index >= 15 is 0 Å². The summed E-state index contributed by atoms with van der Waals surface area (Å²) >= 11 is 5.83. The molecule has 1 aromatic heterocycles. The largest absolute Gasteiger partial charge is 1.00 e. The van der Waals surface area contributed by atoms with Gasteiger partial charge in [-0.05, 0) is 31.2 Å². The lowest BCUT2D eigenvalue weighted by molar-refractivity contribution is -0.704. The van der Waals surface area contributed by atoms with Gasteiger partial charge in [0.15, 0.2) is 12.4 Å². The van der Waals surface area contributed by atoms with Gasteiger partial charge in [0.25, 0.3) is 0 Å². The first-order chi connectivity index (χ1) is 10.5. The third-order valence-corrected chi connectivity index (χ3v) is 3.57. The van der Waals surface area contributed by atoms with E-state index in [4.69, 9.17) is 16.3 Å². The summed E-state index contributed by atoms with van der Waals surface area (Å²) in [5.41, 5.74) is 1.06. The molecule has 1 heterocycles. The van der Waals surface area contributed by atoms with Crippen molar-refractivity contribution in [3.8, 4) is 0 Å². The van der Waals surface area contributed by atoms with Crippen molar-refractivity contribution in [2.24, 2.45) is 0 Å². The molecule has 122 valence electrons. The molecule has 0 aliphatic carbocycles. The monoisotopic (exact) mass is 353 g/mol. The fourth-order valence-corrected chi connectivity index (χ4v) is 2.16. The van der Waals surface area contributed by atoms with Gasteiger partial charge in [0.05, 0.1) is 12.2 Å². The van der Waals surface area contributed by atoms with E-state index in [1.54, 1.807) is 67.2 Å². The van der Waals surface area contributed by atoms with E-state index in [-0.39, 0.29) is 30.2 Å². The van der Waals surface area contributed by atoms with Crippen LogP contribution in [0.5, 0.6) is 0 Å². The van der Waals surface area contributed by atoms with Gasteiger partial charge in [0.2, 0.25) is 11.8 Å². The normalized spacial score (nSPS) is 11.3. The second-order valence-electron chi connectivity index (χ2n) is 4.80. The van der Waals surface area contributed by atoms with Gasteiger partial charge in [-0.2, -0.15) is 4.57 Å². The molecule has 2 rings (SSSR count). The van der Waals surface area contributed by atoms with Crippen LogP contribution in [0.1, 0.15) is 40.6 Å². The quantitative estimate of drug-likeness (QED) is 0.440. The third kappa shape index (κ3) is 4.78. The summed E-state index contributed by atoms with van der Waals surface area (Å²) in [5, 5.41) is 0.593. The lowest BCUT2D eigenvalue weighted by atomic mass is 10.1. The van der Waals surface area contributed by atoms with E-state index in [9.17, 15) is 9.59 Å². The predicted octanol–water partition coefficient (Wildman–Crippen LogP) is 0.252. The Bertz CT molecular complexity index is 669. The van der Waals surface area contributed by atoms with Crippen LogP contribution < -0.4 is 17.0 Å². The number of hydrogen-bond acceptors (Lipinski definition) is 3. The fourth-order valence-electron chi connectivity index (χ4n) is 2.04. The maximum atomic E-state index is 12.4. The molecule has 0 N–H and O–H groups in total. The molecule has 0 saturated heterocycles. The first-order valence-corrected chi connectivity index (χ1v) is 7.38. The zero-order chi connectivity index (χ0) is 16.1. The third-order valence-electron chi connectivity index (χ3n) is 3.32. The van der Waals surface area contributed by atoms with Gasteiger partial charge in [0.1, 0.15) is 0 Å². The Labute approximate surface area is 146 Å². The van der Waals surface area contributed by atoms with Crippen molar-refractivity contribution >= 4 is 23.4 Å². The van der Waals surface area contributed by atoms with Crippen molar-refractivity contribution in [2.45, 2.75) is 19.9 Å². The molecule has 1 unspecified atom stereocenters. The number of esters is 1. The number of halogens is 2. The molecule has 2 aromatic rings. The summed E-state index contributed by atoms with van der Waals surface area (Å²) in [6.45, 7) is 3.90. The Morgan fingerprint density at radius 3 is 2.17 bits per heavy atom. The highest BCUT2D eigenvalue weighted by molar-refractivity contribution is 6.30. The molecule has 4 nitrogen and oxygen atoms in total. The van der Waals surface area contributed by atoms with E-state index in [2.05, 4.69) is 0 Å². The van der Waals surface area contributed by atoms with Gasteiger partial charge in [-0.3, -0.25) is 4.79 Å². The van der Waals surface area contributed by atoms with Crippen molar-refractivity contribution < 1.29 is 31.3 Å². The number of carbonyl (C=O) groups excluding carboxylic acids is 2. The molecule has 0 amide bonds. The molecule has 1 atom stereocenters. The molecule has 0 spiro atoms. The van der Waals surface area contributed by atoms with E-state index < -0.39 is 0 Å². The van der Waals surface area contributed by atoms with Crippen LogP contribution in [0, 0.1) is 0 Å². The summed E-state index contributed by atoms with van der Waals surface area (Å²) in [4.78, 5) is 24.0. The van der Waals surface area contributed by atoms with Crippen LogP contribution in [0.3, 0.4) is 0 Å². The van der Waals surface area contributed by atoms with Gasteiger partial charge in [-0.15, -0.1) is 0 Å². The van der Waals surface area contributed by atoms with E-state index in [0.717, 1.165) is 0 Å². The molecule has 0 fully saturated rings. The Kier molecular flexibility index (Phi) is 7.20. The zero-order valence-electron chi connectivity index (χ0n) is 12.8. The second kappa shape index (κ2) is 8.65. The summed E-state index contributed by atoms with van der Waals surface area (Å²) in [7, 11) is 0. The Morgan fingerprint density at radius 2 is 1.65 bits per heavy atom. The Balaban J connectivity index is 0.00000264. The molecule has 0 saturated carbocycles. The highest BCUT2D eigenvalue weighted by atomic mass is 35.5. The van der Waals surface area contributed by atoms with Gasteiger partial charge in [0, 0.05) is 29.6 Å². The Morgan fingerprint density at radius 1 is 1.09 bits per heavy atom. The minimum atomic E-state index is -0.377. The van der Waals surface area contributed by atoms with Crippen LogP contribution in [0.25, 0.3) is 0 Å². The summed E-state index contributed by atoms with van der Waals surface area (Å²) < 4.78 is 6.68. The SMILES string of the molecule is CCOC(=O)c1cc[n+](C(C)C(=O)c2ccc(Cl)cc2)cc1.[Cl-]. The topological polar surface area (TPSA) is 47.2 Å². The van der Waals surface area contributed by atoms with Crippen LogP contribution in [-0.4, -0.2) is 18.4 Å². The van der Waals surface area contributed by atoms with Crippen molar-refractivity contribution in [3.05, 3.63) is 64.9 Å². The number of ketones is 1. The minimum absolute atomic E-state index is 0. The summed E-state index contributed by atoms with van der Waals surface area (Å²) in [6, 6.07) is 9.69. The number of hydrogen-bond donors (Lipinski definition) is 0. The van der Waals surface area contributed by atoms with Crippen LogP contribution in [0.15, 0.2) is 48.8 Å². The van der Waals surface area contributed by atoms with E-state index in [1.807, 2.05) is 0 Å². The number of rotatable bonds is 5. The van der Waals surface area contributed by atoms with Crippen LogP contribution in [0.4, 0.5) is 0 Å². The first kappa shape index (κ1) is 19.1. The number of pyridine rings is 1. The molecule has 0 radical (unpaired) electrons. The number of nitrogens with zero attached hydrogens (tertiary/aromatic N) is 1. The van der Waals surface area contributed by atoms with Crippen molar-refractivity contribution in [3.63, 3.8) is 0 Å². The van der Waals surface area contributed by atoms with Crippen molar-refractivity contribution in [1.82, 2.24) is 0 Å². The fraction of sp³-hybridized carbons (Fsp3) is 0.235. The number of ether oxygens (including phenoxy) is 1. The summed E-state index contributed by atoms with van der Waals surface area (Å²) in [5.74, 6) is -0.392. The molecule has 1 aromatic carbocycles. The van der Waals surface area contributed by atoms with E-state index in [1.165, 1.54) is 0 Å². The summed E-state index contributed by atoms with van der Waals surface area (Å²) in [6.07, 6.45) is 3.40. The van der Waals surface area contributed by atoms with Crippen molar-refractivity contribution in [2.75, 3.05) is 6.61 Å². The lowest BCUT2D eigenvalue weighted by Crippen LogP contribution is -3.00. The highest BCUT2D eigenvalue weighted by Gasteiger charge is 2.23. The smallest absolute Gasteiger partial charge is 0.338 e. The van der Waals surface area contributed by atoms with Gasteiger partial charge in [-0.25, -0.2) is 4.79 Å². The van der Waals surface area contributed by atoms with Crippen LogP contribution in [0.2, 0.25) is 5.02 Å². The molecular weight excluding hydrogens is 337 g/mol. The van der Waals surface area contributed by atoms with Crippen molar-refractivity contribution in [1.29, 1.82) is 0 Å². The van der Waals surface area contributed by atoms with Crippen LogP contribution in [-0.2, 0) is 4.74 Å². The van der Waals surface area contributed by atoms with Gasteiger partial charge < -0.3 is 17.1 Å². The molecule has 6 heteroatoms. The van der Waals surface area contributed by atoms with Gasteiger partial charge >= 0.3 is 5.97 Å². The molecule has 0 aliphatic rings. The maximum Gasteiger partial charge on any atom is 0.338 e. The minimum Gasteiger partial charge on any atom is -1.00 e. The molecule has 0 bridgehead atoms. The molecule has 23 heavy (non-hydrogen) atoms.